The van der Waals surface area contributed by atoms with E-state index < -0.39 is 11.5 Å². The Kier molecular flexibility index (Phi) is 5.08. The number of carbonyl (C=O) groups is 2. The summed E-state index contributed by atoms with van der Waals surface area (Å²) in [5.41, 5.74) is 0.162. The van der Waals surface area contributed by atoms with Gasteiger partial charge in [-0.25, -0.2) is 4.98 Å². The van der Waals surface area contributed by atoms with E-state index in [1.54, 1.807) is 24.3 Å². The quantitative estimate of drug-likeness (QED) is 0.729. The van der Waals surface area contributed by atoms with E-state index in [9.17, 15) is 14.4 Å². The lowest BCUT2D eigenvalue weighted by Crippen LogP contribution is -2.19. The van der Waals surface area contributed by atoms with Gasteiger partial charge in [-0.3, -0.25) is 14.4 Å². The van der Waals surface area contributed by atoms with E-state index in [0.717, 1.165) is 0 Å². The Balaban J connectivity index is 2.03. The molecule has 0 radical (unpaired) electrons. The van der Waals surface area contributed by atoms with Gasteiger partial charge in [-0.1, -0.05) is 6.07 Å². The van der Waals surface area contributed by atoms with Crippen molar-refractivity contribution in [3.8, 4) is 5.75 Å². The van der Waals surface area contributed by atoms with Crippen LogP contribution in [0.4, 0.5) is 5.69 Å². The molecular weight excluding hydrogens is 302 g/mol. The first-order valence-electron chi connectivity index (χ1n) is 6.73. The third-order valence-corrected chi connectivity index (χ3v) is 2.80. The zero-order valence-electron chi connectivity index (χ0n) is 12.3. The number of aromatic amines is 1. The van der Waals surface area contributed by atoms with Crippen LogP contribution in [0.15, 0.2) is 35.3 Å². The number of carbonyl (C=O) groups excluding carboxylic acids is 1. The monoisotopic (exact) mass is 317 g/mol. The molecule has 0 aliphatic rings. The van der Waals surface area contributed by atoms with E-state index in [2.05, 4.69) is 15.3 Å². The molecule has 2 rings (SSSR count). The Morgan fingerprint density at radius 2 is 2.17 bits per heavy atom. The Morgan fingerprint density at radius 1 is 1.39 bits per heavy atom. The molecule has 23 heavy (non-hydrogen) atoms. The van der Waals surface area contributed by atoms with Crippen LogP contribution >= 0.6 is 0 Å². The van der Waals surface area contributed by atoms with Crippen molar-refractivity contribution >= 4 is 17.6 Å². The van der Waals surface area contributed by atoms with Gasteiger partial charge in [0.25, 0.3) is 5.56 Å². The summed E-state index contributed by atoms with van der Waals surface area (Å²) in [4.78, 5) is 39.7. The molecule has 0 atom stereocenters. The molecule has 0 saturated heterocycles. The highest BCUT2D eigenvalue weighted by molar-refractivity contribution is 5.88. The van der Waals surface area contributed by atoms with E-state index in [4.69, 9.17) is 9.84 Å². The highest BCUT2D eigenvalue weighted by atomic mass is 16.5. The minimum atomic E-state index is -1.10. The molecule has 3 N–H and O–H groups in total. The summed E-state index contributed by atoms with van der Waals surface area (Å²) in [5.74, 6) is -0.527. The first kappa shape index (κ1) is 16.2. The summed E-state index contributed by atoms with van der Waals surface area (Å²) in [6, 6.07) is 6.77. The van der Waals surface area contributed by atoms with Crippen LogP contribution < -0.4 is 15.6 Å². The van der Waals surface area contributed by atoms with Gasteiger partial charge in [0, 0.05) is 30.4 Å². The first-order chi connectivity index (χ1) is 10.9. The number of aromatic nitrogens is 2. The average Bonchev–Trinajstić information content (AvgIpc) is 2.47. The van der Waals surface area contributed by atoms with Crippen LogP contribution in [0, 0.1) is 0 Å². The van der Waals surface area contributed by atoms with E-state index >= 15 is 0 Å². The predicted octanol–water partition coefficient (Wildman–Crippen LogP) is 0.934. The number of hydrogen-bond donors (Lipinski definition) is 3. The molecule has 1 aromatic carbocycles. The molecule has 1 amide bonds. The minimum absolute atomic E-state index is 0.00607. The van der Waals surface area contributed by atoms with Gasteiger partial charge in [0.05, 0.1) is 6.42 Å². The number of benzene rings is 1. The average molecular weight is 317 g/mol. The third kappa shape index (κ3) is 4.95. The van der Waals surface area contributed by atoms with Crippen LogP contribution in [-0.2, 0) is 22.6 Å². The number of nitrogens with zero attached hydrogens (tertiary/aromatic N) is 1. The van der Waals surface area contributed by atoms with Crippen LogP contribution in [-0.4, -0.2) is 27.0 Å². The van der Waals surface area contributed by atoms with Crippen molar-refractivity contribution in [2.75, 3.05) is 5.32 Å². The lowest BCUT2D eigenvalue weighted by molar-refractivity contribution is -0.136. The summed E-state index contributed by atoms with van der Waals surface area (Å²) in [6.45, 7) is 1.41. The first-order valence-corrected chi connectivity index (χ1v) is 6.73. The molecule has 8 heteroatoms. The molecule has 0 unspecified atom stereocenters. The zero-order chi connectivity index (χ0) is 16.8. The highest BCUT2D eigenvalue weighted by Gasteiger charge is 2.07. The van der Waals surface area contributed by atoms with Gasteiger partial charge < -0.3 is 20.1 Å². The summed E-state index contributed by atoms with van der Waals surface area (Å²) in [7, 11) is 0. The molecule has 0 bridgehead atoms. The number of amides is 1. The molecule has 0 spiro atoms. The second kappa shape index (κ2) is 7.21. The molecule has 0 aliphatic carbocycles. The molecular formula is C15H15N3O5. The van der Waals surface area contributed by atoms with Crippen LogP contribution in [0.1, 0.15) is 18.3 Å². The third-order valence-electron chi connectivity index (χ3n) is 2.80. The topological polar surface area (TPSA) is 121 Å². The summed E-state index contributed by atoms with van der Waals surface area (Å²) < 4.78 is 5.49. The number of ether oxygens (including phenoxy) is 1. The van der Waals surface area contributed by atoms with Crippen molar-refractivity contribution < 1.29 is 19.4 Å². The maximum atomic E-state index is 11.7. The highest BCUT2D eigenvalue weighted by Crippen LogP contribution is 2.17. The standard InChI is InChI=1S/C15H15N3O5/c1-9(19)17-11-3-2-4-12(6-11)23-8-13-16-7-10(5-14(20)21)15(22)18-13/h2-4,6-7H,5,8H2,1H3,(H,17,19)(H,20,21)(H,16,18,22). The van der Waals surface area contributed by atoms with Crippen LogP contribution in [0.5, 0.6) is 5.75 Å². The van der Waals surface area contributed by atoms with Crippen molar-refractivity contribution in [3.63, 3.8) is 0 Å². The number of nitrogens with one attached hydrogen (secondary N) is 2. The number of carboxylic acids is 1. The number of aliphatic carboxylic acids is 1. The van der Waals surface area contributed by atoms with Crippen molar-refractivity contribution in [2.45, 2.75) is 20.0 Å². The molecule has 0 saturated carbocycles. The maximum Gasteiger partial charge on any atom is 0.308 e. The van der Waals surface area contributed by atoms with Gasteiger partial charge in [-0.05, 0) is 12.1 Å². The fourth-order valence-electron chi connectivity index (χ4n) is 1.84. The Hall–Kier alpha value is -3.16. The summed E-state index contributed by atoms with van der Waals surface area (Å²) in [6.07, 6.45) is 0.835. The fourth-order valence-corrected chi connectivity index (χ4v) is 1.84. The number of H-pyrrole nitrogens is 1. The van der Waals surface area contributed by atoms with E-state index in [1.165, 1.54) is 13.1 Å². The zero-order valence-corrected chi connectivity index (χ0v) is 12.3. The number of carboxylic acid groups (broad SMARTS) is 1. The SMILES string of the molecule is CC(=O)Nc1cccc(OCc2ncc(CC(=O)O)c(=O)[nH]2)c1. The normalized spacial score (nSPS) is 10.1. The molecule has 8 nitrogen and oxygen atoms in total. The molecule has 0 aliphatic heterocycles. The number of hydrogen-bond acceptors (Lipinski definition) is 5. The van der Waals surface area contributed by atoms with Gasteiger partial charge in [0.2, 0.25) is 5.91 Å². The van der Waals surface area contributed by atoms with Crippen LogP contribution in [0.2, 0.25) is 0 Å². The molecule has 0 fully saturated rings. The smallest absolute Gasteiger partial charge is 0.308 e. The lowest BCUT2D eigenvalue weighted by atomic mass is 10.2. The second-order valence-corrected chi connectivity index (χ2v) is 4.75. The van der Waals surface area contributed by atoms with Crippen LogP contribution in [0.3, 0.4) is 0 Å². The van der Waals surface area contributed by atoms with Crippen LogP contribution in [0.25, 0.3) is 0 Å². The summed E-state index contributed by atoms with van der Waals surface area (Å²) >= 11 is 0. The minimum Gasteiger partial charge on any atom is -0.486 e. The van der Waals surface area contributed by atoms with E-state index in [0.29, 0.717) is 11.4 Å². The number of rotatable bonds is 6. The lowest BCUT2D eigenvalue weighted by Gasteiger charge is -2.08. The Labute approximate surface area is 131 Å². The van der Waals surface area contributed by atoms with Crippen molar-refractivity contribution in [1.29, 1.82) is 0 Å². The van der Waals surface area contributed by atoms with Gasteiger partial charge in [-0.2, -0.15) is 0 Å². The molecule has 120 valence electrons. The Morgan fingerprint density at radius 3 is 2.83 bits per heavy atom. The van der Waals surface area contributed by atoms with Gasteiger partial charge in [0.15, 0.2) is 0 Å². The largest absolute Gasteiger partial charge is 0.486 e. The summed E-state index contributed by atoms with van der Waals surface area (Å²) in [5, 5.41) is 11.3. The van der Waals surface area contributed by atoms with Gasteiger partial charge in [-0.15, -0.1) is 0 Å². The van der Waals surface area contributed by atoms with E-state index in [1.807, 2.05) is 0 Å². The van der Waals surface area contributed by atoms with Crippen molar-refractivity contribution in [2.24, 2.45) is 0 Å². The molecule has 1 heterocycles. The van der Waals surface area contributed by atoms with E-state index in [-0.39, 0.29) is 30.3 Å². The molecule has 2 aromatic rings. The Bertz CT molecular complexity index is 785. The molecule has 1 aromatic heterocycles. The predicted molar refractivity (Wildman–Crippen MR) is 81.3 cm³/mol. The van der Waals surface area contributed by atoms with Gasteiger partial charge in [0.1, 0.15) is 18.2 Å². The van der Waals surface area contributed by atoms with Gasteiger partial charge >= 0.3 is 5.97 Å². The van der Waals surface area contributed by atoms with Crippen molar-refractivity contribution in [1.82, 2.24) is 9.97 Å². The second-order valence-electron chi connectivity index (χ2n) is 4.75. The fraction of sp³-hybridized carbons (Fsp3) is 0.200. The number of anilines is 1. The maximum absolute atomic E-state index is 11.7. The van der Waals surface area contributed by atoms with Crippen molar-refractivity contribution in [3.05, 3.63) is 52.2 Å².